The van der Waals surface area contributed by atoms with Crippen molar-refractivity contribution in [3.63, 3.8) is 0 Å². The normalized spacial score (nSPS) is 18.4. The Bertz CT molecular complexity index is 2180. The van der Waals surface area contributed by atoms with Crippen molar-refractivity contribution in [3.05, 3.63) is 65.7 Å². The lowest BCUT2D eigenvalue weighted by molar-refractivity contribution is -0.147. The summed E-state index contributed by atoms with van der Waals surface area (Å²) in [6.07, 6.45) is 4.10. The van der Waals surface area contributed by atoms with Crippen LogP contribution < -0.4 is 21.4 Å². The molecule has 2 saturated heterocycles. The van der Waals surface area contributed by atoms with Crippen molar-refractivity contribution in [1.29, 1.82) is 0 Å². The van der Waals surface area contributed by atoms with Crippen LogP contribution >= 0.6 is 0 Å². The summed E-state index contributed by atoms with van der Waals surface area (Å²) >= 11 is 0. The number of amides is 6. The SMILES string of the molecule is CC[C@H](C)[C@@H]([C@@H](CC(=O)N1CCC[C@H]1[C@H](O)[C@@H](C)C(=O)N[C@@H](Cc1ccccc1)C(=O)NOCc1ccc(NC(=O)CCCCCN2CCC(C(=O)O)CC2)cc1)OC)N(C)C(=O)[C@@H](NC(=O)C(C(C)C)N(C)C)C(C)C. The van der Waals surface area contributed by atoms with Gasteiger partial charge in [0.15, 0.2) is 0 Å². The number of ether oxygens (including phenoxy) is 1. The molecule has 2 heterocycles. The van der Waals surface area contributed by atoms with Crippen molar-refractivity contribution >= 4 is 47.1 Å². The van der Waals surface area contributed by atoms with Crippen LogP contribution in [0.15, 0.2) is 54.6 Å². The number of rotatable bonds is 31. The van der Waals surface area contributed by atoms with E-state index in [2.05, 4.69) is 26.3 Å². The van der Waals surface area contributed by atoms with Crippen molar-refractivity contribution in [2.24, 2.45) is 29.6 Å². The average molecular weight is 1080 g/mol. The molecule has 1 unspecified atom stereocenters. The summed E-state index contributed by atoms with van der Waals surface area (Å²) in [5.41, 5.74) is 4.61. The van der Waals surface area contributed by atoms with Crippen molar-refractivity contribution in [1.82, 2.24) is 35.7 Å². The van der Waals surface area contributed by atoms with Crippen LogP contribution in [0.1, 0.15) is 124 Å². The second-order valence-electron chi connectivity index (χ2n) is 22.3. The highest BCUT2D eigenvalue weighted by Crippen LogP contribution is 2.29. The number of aliphatic hydroxyl groups excluding tert-OH is 1. The number of carboxylic acid groups (broad SMARTS) is 1. The van der Waals surface area contributed by atoms with Crippen LogP contribution in [0.5, 0.6) is 0 Å². The number of aliphatic hydroxyl groups is 1. The molecule has 0 aliphatic carbocycles. The third kappa shape index (κ3) is 19.4. The van der Waals surface area contributed by atoms with Gasteiger partial charge in [-0.2, -0.15) is 0 Å². The topological polar surface area (TPSA) is 239 Å². The molecule has 4 rings (SSSR count). The number of nitrogens with zero attached hydrogens (tertiary/aromatic N) is 4. The number of carboxylic acids is 1. The van der Waals surface area contributed by atoms with Gasteiger partial charge in [-0.15, -0.1) is 0 Å². The van der Waals surface area contributed by atoms with Crippen LogP contribution in [0.4, 0.5) is 5.69 Å². The standard InChI is InChI=1S/C58H92N8O11/c1-12-39(6)52(64(10)57(73)50(37(2)3)61-56(72)51(38(4)5)63(8)9)47(76-11)35-49(68)66-31-19-22-46(66)53(69)40(7)54(70)60-45(34-41-20-15-13-16-21-41)55(71)62-77-36-42-24-26-44(27-25-42)59-48(67)23-17-14-18-30-65-32-28-43(29-33-65)58(74)75/h13,15-16,20-21,24-27,37-40,43,45-47,50-53,69H,12,14,17-19,22-23,28-36H2,1-11H3,(H,59,67)(H,60,70)(H,61,72)(H,62,71)(H,74,75)/t39-,40+,45-,46-,47+,50-,51?,52-,53+/m0/s1. The summed E-state index contributed by atoms with van der Waals surface area (Å²) < 4.78 is 6.03. The molecule has 2 aromatic rings. The van der Waals surface area contributed by atoms with Gasteiger partial charge in [-0.05, 0) is 113 Å². The number of methoxy groups -OCH3 is 1. The van der Waals surface area contributed by atoms with Crippen LogP contribution in [0.25, 0.3) is 0 Å². The maximum Gasteiger partial charge on any atom is 0.306 e. The molecule has 0 bridgehead atoms. The molecule has 9 atom stereocenters. The molecule has 19 nitrogen and oxygen atoms in total. The Morgan fingerprint density at radius 2 is 1.44 bits per heavy atom. The van der Waals surface area contributed by atoms with Gasteiger partial charge in [0.05, 0.1) is 55.2 Å². The molecule has 430 valence electrons. The van der Waals surface area contributed by atoms with Crippen LogP contribution in [-0.4, -0.2) is 168 Å². The van der Waals surface area contributed by atoms with E-state index in [1.807, 2.05) is 90.9 Å². The monoisotopic (exact) mass is 1080 g/mol. The summed E-state index contributed by atoms with van der Waals surface area (Å²) in [6, 6.07) is 12.7. The van der Waals surface area contributed by atoms with Crippen molar-refractivity contribution in [2.75, 3.05) is 59.7 Å². The number of hydrogen-bond acceptors (Lipinski definition) is 12. The van der Waals surface area contributed by atoms with Gasteiger partial charge < -0.3 is 45.6 Å². The van der Waals surface area contributed by atoms with E-state index >= 15 is 0 Å². The van der Waals surface area contributed by atoms with Crippen LogP contribution in [-0.2, 0) is 56.2 Å². The first-order valence-corrected chi connectivity index (χ1v) is 27.9. The molecule has 2 fully saturated rings. The van der Waals surface area contributed by atoms with E-state index in [0.29, 0.717) is 50.8 Å². The minimum Gasteiger partial charge on any atom is -0.481 e. The first-order chi connectivity index (χ1) is 36.6. The Morgan fingerprint density at radius 1 is 0.779 bits per heavy atom. The summed E-state index contributed by atoms with van der Waals surface area (Å²) in [5.74, 6) is -4.38. The molecule has 6 amide bonds. The van der Waals surface area contributed by atoms with Crippen LogP contribution in [0, 0.1) is 29.6 Å². The van der Waals surface area contributed by atoms with Gasteiger partial charge in [-0.25, -0.2) is 5.48 Å². The molecular weight excluding hydrogens is 985 g/mol. The molecule has 2 aromatic carbocycles. The van der Waals surface area contributed by atoms with Gasteiger partial charge in [0, 0.05) is 39.2 Å². The van der Waals surface area contributed by atoms with E-state index in [0.717, 1.165) is 50.0 Å². The quantitative estimate of drug-likeness (QED) is 0.0419. The number of carbonyl (C=O) groups excluding carboxylic acids is 6. The predicted octanol–water partition coefficient (Wildman–Crippen LogP) is 5.25. The zero-order chi connectivity index (χ0) is 56.9. The minimum absolute atomic E-state index is 0.00178. The third-order valence-electron chi connectivity index (χ3n) is 15.6. The van der Waals surface area contributed by atoms with Crippen molar-refractivity contribution < 1.29 is 53.3 Å². The zero-order valence-electron chi connectivity index (χ0n) is 47.8. The van der Waals surface area contributed by atoms with Gasteiger partial charge in [0.2, 0.25) is 29.5 Å². The highest BCUT2D eigenvalue weighted by atomic mass is 16.7. The number of piperidine rings is 1. The van der Waals surface area contributed by atoms with Crippen molar-refractivity contribution in [2.45, 2.75) is 168 Å². The molecule has 0 aromatic heterocycles. The Labute approximate surface area is 457 Å². The summed E-state index contributed by atoms with van der Waals surface area (Å²) in [6.45, 7) is 16.1. The maximum absolute atomic E-state index is 14.4. The second-order valence-corrected chi connectivity index (χ2v) is 22.3. The number of likely N-dealkylation sites (N-methyl/N-ethyl adjacent to an activating group) is 2. The Kier molecular flexibility index (Phi) is 26.5. The number of anilines is 1. The lowest BCUT2D eigenvalue weighted by atomic mass is 9.89. The fraction of sp³-hybridized carbons (Fsp3) is 0.672. The number of likely N-dealkylation sites (tertiary alicyclic amines) is 2. The number of aliphatic carboxylic acids is 1. The largest absolute Gasteiger partial charge is 0.481 e. The van der Waals surface area contributed by atoms with Gasteiger partial charge in [-0.3, -0.25) is 43.3 Å². The summed E-state index contributed by atoms with van der Waals surface area (Å²) in [5, 5.41) is 29.8. The highest BCUT2D eigenvalue weighted by molar-refractivity contribution is 5.91. The fourth-order valence-electron chi connectivity index (χ4n) is 10.8. The molecule has 0 spiro atoms. The smallest absolute Gasteiger partial charge is 0.306 e. The molecule has 0 saturated carbocycles. The Hall–Kier alpha value is -5.47. The third-order valence-corrected chi connectivity index (χ3v) is 15.6. The zero-order valence-corrected chi connectivity index (χ0v) is 47.8. The number of carbonyl (C=O) groups is 7. The minimum atomic E-state index is -1.28. The van der Waals surface area contributed by atoms with Crippen molar-refractivity contribution in [3.8, 4) is 0 Å². The highest BCUT2D eigenvalue weighted by Gasteiger charge is 2.43. The first kappa shape index (κ1) is 64.1. The van der Waals surface area contributed by atoms with Crippen LogP contribution in [0.2, 0.25) is 0 Å². The molecule has 6 N–H and O–H groups in total. The number of hydroxylamine groups is 1. The van der Waals surface area contributed by atoms with Crippen LogP contribution in [0.3, 0.4) is 0 Å². The van der Waals surface area contributed by atoms with E-state index < -0.39 is 66.1 Å². The lowest BCUT2D eigenvalue weighted by Crippen LogP contribution is -2.59. The lowest BCUT2D eigenvalue weighted by Gasteiger charge is -2.41. The summed E-state index contributed by atoms with van der Waals surface area (Å²) in [7, 11) is 6.88. The van der Waals surface area contributed by atoms with E-state index in [1.54, 1.807) is 48.0 Å². The fourth-order valence-corrected chi connectivity index (χ4v) is 10.8. The average Bonchev–Trinajstić information content (AvgIpc) is 3.91. The molecule has 2 aliphatic rings. The number of unbranched alkanes of at least 4 members (excludes halogenated alkanes) is 2. The predicted molar refractivity (Wildman–Crippen MR) is 296 cm³/mol. The summed E-state index contributed by atoms with van der Waals surface area (Å²) in [4.78, 5) is 107. The second kappa shape index (κ2) is 31.8. The Balaban J connectivity index is 1.32. The van der Waals surface area contributed by atoms with Gasteiger partial charge in [0.1, 0.15) is 12.1 Å². The van der Waals surface area contributed by atoms with E-state index in [1.165, 1.54) is 7.11 Å². The van der Waals surface area contributed by atoms with Gasteiger partial charge >= 0.3 is 5.97 Å². The van der Waals surface area contributed by atoms with E-state index in [-0.39, 0.29) is 66.7 Å². The van der Waals surface area contributed by atoms with Gasteiger partial charge in [0.25, 0.3) is 5.91 Å². The maximum atomic E-state index is 14.4. The van der Waals surface area contributed by atoms with E-state index in [9.17, 15) is 43.8 Å². The van der Waals surface area contributed by atoms with Gasteiger partial charge in [-0.1, -0.05) is 104 Å². The molecule has 19 heteroatoms. The van der Waals surface area contributed by atoms with E-state index in [4.69, 9.17) is 9.57 Å². The molecule has 77 heavy (non-hydrogen) atoms. The molecular formula is C58H92N8O11. The number of nitrogens with one attached hydrogen (secondary N) is 4. The molecule has 0 radical (unpaired) electrons. The number of benzene rings is 2. The first-order valence-electron chi connectivity index (χ1n) is 27.9. The molecule has 2 aliphatic heterocycles. The Morgan fingerprint density at radius 3 is 2.03 bits per heavy atom. The number of hydrogen-bond donors (Lipinski definition) is 6.